The number of hydrogen-bond acceptors (Lipinski definition) is 3. The van der Waals surface area contributed by atoms with Gasteiger partial charge in [-0.25, -0.2) is 0 Å². The van der Waals surface area contributed by atoms with Gasteiger partial charge in [-0.1, -0.05) is 44.7 Å². The minimum absolute atomic E-state index is 0.0224. The predicted molar refractivity (Wildman–Crippen MR) is 106 cm³/mol. The van der Waals surface area contributed by atoms with Crippen LogP contribution in [0.1, 0.15) is 63.9 Å². The van der Waals surface area contributed by atoms with Crippen LogP contribution in [0.5, 0.6) is 0 Å². The third-order valence-electron chi connectivity index (χ3n) is 5.11. The van der Waals surface area contributed by atoms with Gasteiger partial charge in [-0.05, 0) is 50.0 Å². The lowest BCUT2D eigenvalue weighted by Crippen LogP contribution is -2.38. The lowest BCUT2D eigenvalue weighted by atomic mass is 9.96. The zero-order valence-corrected chi connectivity index (χ0v) is 16.0. The fourth-order valence-electron chi connectivity index (χ4n) is 3.49. The molecule has 2 rings (SSSR count). The first-order chi connectivity index (χ1) is 12.6. The molecular formula is C21H33N3O2. The average Bonchev–Trinajstić information content (AvgIpc) is 2.62. The Hall–Kier alpha value is -1.88. The van der Waals surface area contributed by atoms with Gasteiger partial charge in [-0.3, -0.25) is 14.5 Å². The van der Waals surface area contributed by atoms with Crippen molar-refractivity contribution < 1.29 is 9.59 Å². The number of unbranched alkanes of at least 4 members (excludes halogenated alkanes) is 4. The molecule has 5 nitrogen and oxygen atoms in total. The van der Waals surface area contributed by atoms with E-state index >= 15 is 0 Å². The van der Waals surface area contributed by atoms with E-state index in [1.54, 1.807) is 0 Å². The molecule has 0 aliphatic carbocycles. The van der Waals surface area contributed by atoms with Crippen molar-refractivity contribution in [2.45, 2.75) is 64.8 Å². The van der Waals surface area contributed by atoms with Gasteiger partial charge in [0, 0.05) is 24.6 Å². The maximum atomic E-state index is 12.1. The van der Waals surface area contributed by atoms with Crippen LogP contribution in [-0.2, 0) is 16.1 Å². The second-order valence-electron chi connectivity index (χ2n) is 7.37. The first-order valence-corrected chi connectivity index (χ1v) is 9.99. The maximum Gasteiger partial charge on any atom is 0.224 e. The molecule has 1 heterocycles. The van der Waals surface area contributed by atoms with E-state index in [1.807, 2.05) is 12.1 Å². The van der Waals surface area contributed by atoms with Crippen LogP contribution in [0.25, 0.3) is 0 Å². The van der Waals surface area contributed by atoms with Crippen molar-refractivity contribution in [1.82, 2.24) is 4.90 Å². The number of nitrogens with zero attached hydrogens (tertiary/aromatic N) is 1. The number of primary amides is 1. The zero-order chi connectivity index (χ0) is 18.8. The molecule has 144 valence electrons. The van der Waals surface area contributed by atoms with Crippen LogP contribution >= 0.6 is 0 Å². The standard InChI is InChI=1S/C21H33N3O2/c1-2-3-4-5-6-10-20(25)23-19-9-7-8-17(15-19)16-24-13-11-18(12-14-24)21(22)26/h7-9,15,18H,2-6,10-14,16H2,1H3,(H2,22,26)(H,23,25). The summed E-state index contributed by atoms with van der Waals surface area (Å²) in [5, 5.41) is 3.01. The fourth-order valence-corrected chi connectivity index (χ4v) is 3.49. The Balaban J connectivity index is 1.75. The third kappa shape index (κ3) is 7.16. The molecule has 0 aromatic heterocycles. The molecule has 1 saturated heterocycles. The van der Waals surface area contributed by atoms with Crippen molar-refractivity contribution in [1.29, 1.82) is 0 Å². The molecule has 0 saturated carbocycles. The number of piperidine rings is 1. The summed E-state index contributed by atoms with van der Waals surface area (Å²) in [5.41, 5.74) is 7.44. The van der Waals surface area contributed by atoms with Crippen LogP contribution in [-0.4, -0.2) is 29.8 Å². The van der Waals surface area contributed by atoms with Crippen molar-refractivity contribution in [3.05, 3.63) is 29.8 Å². The SMILES string of the molecule is CCCCCCCC(=O)Nc1cccc(CN2CCC(C(N)=O)CC2)c1. The van der Waals surface area contributed by atoms with E-state index < -0.39 is 0 Å². The smallest absolute Gasteiger partial charge is 0.224 e. The number of benzene rings is 1. The van der Waals surface area contributed by atoms with E-state index in [9.17, 15) is 9.59 Å². The summed E-state index contributed by atoms with van der Waals surface area (Å²) < 4.78 is 0. The Morgan fingerprint density at radius 2 is 1.88 bits per heavy atom. The van der Waals surface area contributed by atoms with E-state index in [-0.39, 0.29) is 17.7 Å². The summed E-state index contributed by atoms with van der Waals surface area (Å²) in [4.78, 5) is 25.7. The third-order valence-corrected chi connectivity index (χ3v) is 5.11. The van der Waals surface area contributed by atoms with Crippen LogP contribution in [0, 0.1) is 5.92 Å². The number of nitrogens with two attached hydrogens (primary N) is 1. The van der Waals surface area contributed by atoms with Gasteiger partial charge in [0.15, 0.2) is 0 Å². The Morgan fingerprint density at radius 1 is 1.15 bits per heavy atom. The first-order valence-electron chi connectivity index (χ1n) is 9.99. The molecule has 0 spiro atoms. The van der Waals surface area contributed by atoms with Crippen molar-refractivity contribution >= 4 is 17.5 Å². The van der Waals surface area contributed by atoms with Crippen molar-refractivity contribution in [2.75, 3.05) is 18.4 Å². The second kappa shape index (κ2) is 11.0. The molecule has 1 aliphatic rings. The molecule has 3 N–H and O–H groups in total. The Morgan fingerprint density at radius 3 is 2.58 bits per heavy atom. The van der Waals surface area contributed by atoms with E-state index in [1.165, 1.54) is 24.8 Å². The minimum atomic E-state index is -0.177. The second-order valence-corrected chi connectivity index (χ2v) is 7.37. The molecule has 0 unspecified atom stereocenters. The Kier molecular flexibility index (Phi) is 8.62. The van der Waals surface area contributed by atoms with E-state index in [4.69, 9.17) is 5.73 Å². The molecular weight excluding hydrogens is 326 g/mol. The summed E-state index contributed by atoms with van der Waals surface area (Å²) in [6.07, 6.45) is 8.04. The normalized spacial score (nSPS) is 15.7. The van der Waals surface area contributed by atoms with E-state index in [2.05, 4.69) is 29.3 Å². The molecule has 1 fully saturated rings. The van der Waals surface area contributed by atoms with Crippen molar-refractivity contribution in [3.63, 3.8) is 0 Å². The largest absolute Gasteiger partial charge is 0.369 e. The van der Waals surface area contributed by atoms with Gasteiger partial charge in [0.2, 0.25) is 11.8 Å². The Bertz CT molecular complexity index is 580. The van der Waals surface area contributed by atoms with Gasteiger partial charge in [-0.2, -0.15) is 0 Å². The van der Waals surface area contributed by atoms with Gasteiger partial charge in [0.05, 0.1) is 0 Å². The highest BCUT2D eigenvalue weighted by Crippen LogP contribution is 2.20. The summed E-state index contributed by atoms with van der Waals surface area (Å²) in [6, 6.07) is 8.07. The fraction of sp³-hybridized carbons (Fsp3) is 0.619. The highest BCUT2D eigenvalue weighted by molar-refractivity contribution is 5.90. The van der Waals surface area contributed by atoms with Gasteiger partial charge in [-0.15, -0.1) is 0 Å². The van der Waals surface area contributed by atoms with Crippen LogP contribution < -0.4 is 11.1 Å². The molecule has 1 aliphatic heterocycles. The van der Waals surface area contributed by atoms with Gasteiger partial charge < -0.3 is 11.1 Å². The molecule has 0 atom stereocenters. The van der Waals surface area contributed by atoms with Crippen molar-refractivity contribution in [2.24, 2.45) is 11.7 Å². The Labute approximate surface area is 157 Å². The van der Waals surface area contributed by atoms with Gasteiger partial charge >= 0.3 is 0 Å². The summed E-state index contributed by atoms with van der Waals surface area (Å²) in [7, 11) is 0. The van der Waals surface area contributed by atoms with Crippen LogP contribution in [0.15, 0.2) is 24.3 Å². The van der Waals surface area contributed by atoms with Crippen LogP contribution in [0.2, 0.25) is 0 Å². The molecule has 0 radical (unpaired) electrons. The first kappa shape index (κ1) is 20.4. The number of carbonyl (C=O) groups excluding carboxylic acids is 2. The van der Waals surface area contributed by atoms with Crippen molar-refractivity contribution in [3.8, 4) is 0 Å². The number of hydrogen-bond donors (Lipinski definition) is 2. The number of rotatable bonds is 10. The monoisotopic (exact) mass is 359 g/mol. The molecule has 1 aromatic rings. The number of amides is 2. The molecule has 5 heteroatoms. The molecule has 1 aromatic carbocycles. The number of likely N-dealkylation sites (tertiary alicyclic amines) is 1. The van der Waals surface area contributed by atoms with E-state index in [0.717, 1.165) is 51.0 Å². The number of carbonyl (C=O) groups is 2. The molecule has 26 heavy (non-hydrogen) atoms. The minimum Gasteiger partial charge on any atom is -0.369 e. The summed E-state index contributed by atoms with van der Waals surface area (Å²) >= 11 is 0. The topological polar surface area (TPSA) is 75.4 Å². The van der Waals surface area contributed by atoms with Crippen LogP contribution in [0.3, 0.4) is 0 Å². The van der Waals surface area contributed by atoms with E-state index in [0.29, 0.717) is 6.42 Å². The number of nitrogens with one attached hydrogen (secondary N) is 1. The highest BCUT2D eigenvalue weighted by Gasteiger charge is 2.22. The lowest BCUT2D eigenvalue weighted by molar-refractivity contribution is -0.123. The molecule has 0 bridgehead atoms. The van der Waals surface area contributed by atoms with Gasteiger partial charge in [0.25, 0.3) is 0 Å². The summed E-state index contributed by atoms with van der Waals surface area (Å²) in [5.74, 6) is -0.0563. The van der Waals surface area contributed by atoms with Crippen LogP contribution in [0.4, 0.5) is 5.69 Å². The zero-order valence-electron chi connectivity index (χ0n) is 16.0. The average molecular weight is 360 g/mol. The molecule has 2 amide bonds. The van der Waals surface area contributed by atoms with Gasteiger partial charge in [0.1, 0.15) is 0 Å². The quantitative estimate of drug-likeness (QED) is 0.626. The predicted octanol–water partition coefficient (Wildman–Crippen LogP) is 3.68. The maximum absolute atomic E-state index is 12.1. The number of anilines is 1. The highest BCUT2D eigenvalue weighted by atomic mass is 16.2. The summed E-state index contributed by atoms with van der Waals surface area (Å²) in [6.45, 7) is 4.82. The lowest BCUT2D eigenvalue weighted by Gasteiger charge is -2.30.